The highest BCUT2D eigenvalue weighted by Crippen LogP contribution is 2.27. The minimum absolute atomic E-state index is 0.00398. The molecule has 1 aromatic carbocycles. The summed E-state index contributed by atoms with van der Waals surface area (Å²) in [6.07, 6.45) is 3.39. The molecule has 1 fully saturated rings. The van der Waals surface area contributed by atoms with Crippen LogP contribution in [0.1, 0.15) is 12.5 Å². The summed E-state index contributed by atoms with van der Waals surface area (Å²) in [5.41, 5.74) is 0.715. The second-order valence-electron chi connectivity index (χ2n) is 6.29. The SMILES string of the molecule is C[C@@H]1COC[C@@](CO)(CNc2ncccn2)N1Cc1ccccc1. The first-order chi connectivity index (χ1) is 11.7. The molecule has 3 rings (SSSR count). The minimum Gasteiger partial charge on any atom is -0.394 e. The highest BCUT2D eigenvalue weighted by Gasteiger charge is 2.42. The number of benzene rings is 1. The Bertz CT molecular complexity index is 625. The van der Waals surface area contributed by atoms with Gasteiger partial charge in [-0.3, -0.25) is 4.90 Å². The monoisotopic (exact) mass is 328 g/mol. The van der Waals surface area contributed by atoms with Crippen molar-refractivity contribution in [3.63, 3.8) is 0 Å². The third kappa shape index (κ3) is 3.72. The first-order valence-electron chi connectivity index (χ1n) is 8.24. The van der Waals surface area contributed by atoms with E-state index in [2.05, 4.69) is 39.2 Å². The molecule has 128 valence electrons. The van der Waals surface area contributed by atoms with E-state index in [4.69, 9.17) is 4.74 Å². The van der Waals surface area contributed by atoms with Crippen LogP contribution >= 0.6 is 0 Å². The number of ether oxygens (including phenoxy) is 1. The van der Waals surface area contributed by atoms with Gasteiger partial charge in [0.1, 0.15) is 0 Å². The predicted molar refractivity (Wildman–Crippen MR) is 92.6 cm³/mol. The minimum atomic E-state index is -0.507. The highest BCUT2D eigenvalue weighted by molar-refractivity contribution is 5.24. The molecule has 2 aromatic rings. The number of nitrogens with one attached hydrogen (secondary N) is 1. The molecule has 6 nitrogen and oxygen atoms in total. The molecule has 1 aliphatic heterocycles. The van der Waals surface area contributed by atoms with E-state index in [0.29, 0.717) is 25.7 Å². The molecule has 1 aliphatic rings. The molecule has 0 spiro atoms. The average molecular weight is 328 g/mol. The van der Waals surface area contributed by atoms with E-state index in [-0.39, 0.29) is 12.6 Å². The molecule has 0 bridgehead atoms. The van der Waals surface area contributed by atoms with Crippen molar-refractivity contribution in [3.05, 3.63) is 54.4 Å². The van der Waals surface area contributed by atoms with Crippen molar-refractivity contribution in [1.82, 2.24) is 14.9 Å². The quantitative estimate of drug-likeness (QED) is 0.838. The summed E-state index contributed by atoms with van der Waals surface area (Å²) in [6, 6.07) is 12.3. The topological polar surface area (TPSA) is 70.5 Å². The zero-order valence-corrected chi connectivity index (χ0v) is 13.9. The van der Waals surface area contributed by atoms with E-state index in [1.54, 1.807) is 18.5 Å². The molecule has 2 heterocycles. The molecule has 0 amide bonds. The number of hydrogen-bond donors (Lipinski definition) is 2. The molecule has 2 atom stereocenters. The maximum Gasteiger partial charge on any atom is 0.222 e. The maximum atomic E-state index is 10.2. The van der Waals surface area contributed by atoms with Crippen LogP contribution in [-0.2, 0) is 11.3 Å². The van der Waals surface area contributed by atoms with Gasteiger partial charge in [0.05, 0.1) is 25.4 Å². The fourth-order valence-electron chi connectivity index (χ4n) is 3.14. The number of aliphatic hydroxyl groups excluding tert-OH is 1. The zero-order valence-electron chi connectivity index (χ0n) is 13.9. The first-order valence-corrected chi connectivity index (χ1v) is 8.24. The Morgan fingerprint density at radius 1 is 1.25 bits per heavy atom. The standard InChI is InChI=1S/C18H24N4O2/c1-15-11-24-14-18(13-23,12-21-17-19-8-5-9-20-17)22(15)10-16-6-3-2-4-7-16/h2-9,15,23H,10-14H2,1H3,(H,19,20,21)/t15-,18+/m1/s1. The van der Waals surface area contributed by atoms with Crippen LogP contribution in [0.3, 0.4) is 0 Å². The van der Waals surface area contributed by atoms with E-state index in [0.717, 1.165) is 6.54 Å². The molecule has 0 aliphatic carbocycles. The molecule has 2 N–H and O–H groups in total. The van der Waals surface area contributed by atoms with Crippen LogP contribution in [0.2, 0.25) is 0 Å². The first kappa shape index (κ1) is 16.8. The van der Waals surface area contributed by atoms with Crippen molar-refractivity contribution in [1.29, 1.82) is 0 Å². The van der Waals surface area contributed by atoms with Crippen molar-refractivity contribution < 1.29 is 9.84 Å². The molecule has 1 aromatic heterocycles. The molecule has 24 heavy (non-hydrogen) atoms. The van der Waals surface area contributed by atoms with Gasteiger partial charge in [-0.05, 0) is 18.6 Å². The third-order valence-electron chi connectivity index (χ3n) is 4.50. The van der Waals surface area contributed by atoms with E-state index in [1.807, 2.05) is 18.2 Å². The van der Waals surface area contributed by atoms with Crippen LogP contribution in [0, 0.1) is 0 Å². The zero-order chi connectivity index (χ0) is 16.8. The van der Waals surface area contributed by atoms with Gasteiger partial charge < -0.3 is 15.2 Å². The van der Waals surface area contributed by atoms with Gasteiger partial charge in [0.25, 0.3) is 0 Å². The average Bonchev–Trinajstić information content (AvgIpc) is 2.64. The maximum absolute atomic E-state index is 10.2. The lowest BCUT2D eigenvalue weighted by atomic mass is 9.94. The van der Waals surface area contributed by atoms with E-state index in [9.17, 15) is 5.11 Å². The fourth-order valence-corrected chi connectivity index (χ4v) is 3.14. The van der Waals surface area contributed by atoms with Crippen molar-refractivity contribution in [2.75, 3.05) is 31.7 Å². The molecule has 0 unspecified atom stereocenters. The highest BCUT2D eigenvalue weighted by atomic mass is 16.5. The number of aliphatic hydroxyl groups is 1. The molecular weight excluding hydrogens is 304 g/mol. The molecule has 0 saturated carbocycles. The largest absolute Gasteiger partial charge is 0.394 e. The summed E-state index contributed by atoms with van der Waals surface area (Å²) in [4.78, 5) is 10.7. The second kappa shape index (κ2) is 7.70. The molecule has 1 saturated heterocycles. The van der Waals surface area contributed by atoms with Gasteiger partial charge in [-0.1, -0.05) is 30.3 Å². The Kier molecular flexibility index (Phi) is 5.40. The van der Waals surface area contributed by atoms with E-state index < -0.39 is 5.54 Å². The van der Waals surface area contributed by atoms with Crippen LogP contribution in [0.5, 0.6) is 0 Å². The van der Waals surface area contributed by atoms with Crippen LogP contribution in [0.25, 0.3) is 0 Å². The number of nitrogens with zero attached hydrogens (tertiary/aromatic N) is 3. The number of anilines is 1. The van der Waals surface area contributed by atoms with Crippen LogP contribution in [0.4, 0.5) is 5.95 Å². The predicted octanol–water partition coefficient (Wildman–Crippen LogP) is 1.54. The Balaban J connectivity index is 1.78. The van der Waals surface area contributed by atoms with Gasteiger partial charge >= 0.3 is 0 Å². The third-order valence-corrected chi connectivity index (χ3v) is 4.50. The van der Waals surface area contributed by atoms with Gasteiger partial charge in [-0.15, -0.1) is 0 Å². The Hall–Kier alpha value is -2.02. The van der Waals surface area contributed by atoms with Crippen molar-refractivity contribution >= 4 is 5.95 Å². The number of morpholine rings is 1. The van der Waals surface area contributed by atoms with Gasteiger partial charge in [0.15, 0.2) is 0 Å². The number of hydrogen-bond acceptors (Lipinski definition) is 6. The summed E-state index contributed by atoms with van der Waals surface area (Å²) in [7, 11) is 0. The van der Waals surface area contributed by atoms with E-state index in [1.165, 1.54) is 5.56 Å². The van der Waals surface area contributed by atoms with Crippen LogP contribution < -0.4 is 5.32 Å². The van der Waals surface area contributed by atoms with Gasteiger partial charge in [0.2, 0.25) is 5.95 Å². The molecular formula is C18H24N4O2. The lowest BCUT2D eigenvalue weighted by Crippen LogP contribution is -2.65. The van der Waals surface area contributed by atoms with Crippen LogP contribution in [-0.4, -0.2) is 57.9 Å². The smallest absolute Gasteiger partial charge is 0.222 e. The van der Waals surface area contributed by atoms with E-state index >= 15 is 0 Å². The van der Waals surface area contributed by atoms with Crippen molar-refractivity contribution in [2.45, 2.75) is 25.0 Å². The van der Waals surface area contributed by atoms with Gasteiger partial charge in [0, 0.05) is 31.5 Å². The van der Waals surface area contributed by atoms with Crippen molar-refractivity contribution in [3.8, 4) is 0 Å². The fraction of sp³-hybridized carbons (Fsp3) is 0.444. The lowest BCUT2D eigenvalue weighted by Gasteiger charge is -2.49. The summed E-state index contributed by atoms with van der Waals surface area (Å²) in [6.45, 7) is 4.56. The van der Waals surface area contributed by atoms with Gasteiger partial charge in [-0.2, -0.15) is 0 Å². The molecule has 6 heteroatoms. The second-order valence-corrected chi connectivity index (χ2v) is 6.29. The molecule has 0 radical (unpaired) electrons. The summed E-state index contributed by atoms with van der Waals surface area (Å²) in [5, 5.41) is 13.4. The Labute approximate surface area is 142 Å². The summed E-state index contributed by atoms with van der Waals surface area (Å²) < 4.78 is 5.76. The lowest BCUT2D eigenvalue weighted by molar-refractivity contribution is -0.117. The number of aromatic nitrogens is 2. The van der Waals surface area contributed by atoms with Crippen molar-refractivity contribution in [2.24, 2.45) is 0 Å². The Morgan fingerprint density at radius 3 is 2.71 bits per heavy atom. The summed E-state index contributed by atoms with van der Waals surface area (Å²) in [5.74, 6) is 0.559. The summed E-state index contributed by atoms with van der Waals surface area (Å²) >= 11 is 0. The van der Waals surface area contributed by atoms with Gasteiger partial charge in [-0.25, -0.2) is 9.97 Å². The normalized spacial score (nSPS) is 24.7. The number of rotatable bonds is 6. The van der Waals surface area contributed by atoms with Crippen LogP contribution in [0.15, 0.2) is 48.8 Å². The Morgan fingerprint density at radius 2 is 2.00 bits per heavy atom.